The molecule has 0 saturated heterocycles. The summed E-state index contributed by atoms with van der Waals surface area (Å²) in [6.07, 6.45) is 0. The van der Waals surface area contributed by atoms with Crippen LogP contribution in [0.3, 0.4) is 0 Å². The standard InChI is InChI=1S/C40H26/c1-25-9-8-11-27(21-25)28-17-18-29-23-34-38(24-30(29)22-28)40(37-20-19-26-10-2-3-12-31(26)39(34)37)35-15-6-4-13-32(35)33-14-5-7-16-36(33)40/h2-24H,1H3. The second kappa shape index (κ2) is 7.81. The first-order valence-corrected chi connectivity index (χ1v) is 14.1. The molecule has 0 unspecified atom stereocenters. The maximum absolute atomic E-state index is 2.50. The van der Waals surface area contributed by atoms with E-state index in [4.69, 9.17) is 0 Å². The molecule has 0 radical (unpaired) electrons. The van der Waals surface area contributed by atoms with Crippen molar-refractivity contribution in [2.75, 3.05) is 0 Å². The molecular formula is C40H26. The molecule has 0 fully saturated rings. The molecule has 0 bridgehead atoms. The molecule has 0 N–H and O–H groups in total. The van der Waals surface area contributed by atoms with Gasteiger partial charge in [0.25, 0.3) is 0 Å². The molecule has 2 aliphatic carbocycles. The van der Waals surface area contributed by atoms with Crippen molar-refractivity contribution in [3.8, 4) is 33.4 Å². The van der Waals surface area contributed by atoms with Crippen LogP contribution in [0.15, 0.2) is 140 Å². The van der Waals surface area contributed by atoms with Gasteiger partial charge in [0.2, 0.25) is 0 Å². The molecule has 0 heteroatoms. The summed E-state index contributed by atoms with van der Waals surface area (Å²) in [5.74, 6) is 0. The van der Waals surface area contributed by atoms with Gasteiger partial charge in [0, 0.05) is 0 Å². The maximum atomic E-state index is 2.50. The van der Waals surface area contributed by atoms with Gasteiger partial charge >= 0.3 is 0 Å². The van der Waals surface area contributed by atoms with Crippen LogP contribution in [0, 0.1) is 6.92 Å². The van der Waals surface area contributed by atoms with Crippen LogP contribution in [-0.2, 0) is 5.41 Å². The van der Waals surface area contributed by atoms with Crippen LogP contribution in [0.2, 0.25) is 0 Å². The van der Waals surface area contributed by atoms with Gasteiger partial charge in [-0.2, -0.15) is 0 Å². The van der Waals surface area contributed by atoms with Gasteiger partial charge < -0.3 is 0 Å². The number of rotatable bonds is 1. The minimum Gasteiger partial charge on any atom is -0.0619 e. The van der Waals surface area contributed by atoms with Gasteiger partial charge in [-0.25, -0.2) is 0 Å². The van der Waals surface area contributed by atoms with Crippen LogP contribution in [0.25, 0.3) is 54.9 Å². The van der Waals surface area contributed by atoms with E-state index in [0.717, 1.165) is 0 Å². The van der Waals surface area contributed by atoms with Crippen LogP contribution < -0.4 is 0 Å². The van der Waals surface area contributed by atoms with E-state index in [1.54, 1.807) is 0 Å². The highest BCUT2D eigenvalue weighted by Gasteiger charge is 2.52. The zero-order valence-electron chi connectivity index (χ0n) is 22.3. The van der Waals surface area contributed by atoms with Crippen molar-refractivity contribution in [3.05, 3.63) is 167 Å². The summed E-state index contributed by atoms with van der Waals surface area (Å²) >= 11 is 0. The number of aryl methyl sites for hydroxylation is 1. The lowest BCUT2D eigenvalue weighted by Gasteiger charge is -2.30. The highest BCUT2D eigenvalue weighted by atomic mass is 14.5. The van der Waals surface area contributed by atoms with Crippen molar-refractivity contribution in [2.45, 2.75) is 12.3 Å². The molecule has 1 spiro atoms. The largest absolute Gasteiger partial charge is 0.0725 e. The molecule has 0 amide bonds. The summed E-state index contributed by atoms with van der Waals surface area (Å²) < 4.78 is 0. The lowest BCUT2D eigenvalue weighted by Crippen LogP contribution is -2.25. The third kappa shape index (κ3) is 2.71. The summed E-state index contributed by atoms with van der Waals surface area (Å²) in [6, 6.07) is 52.4. The number of benzene rings is 7. The van der Waals surface area contributed by atoms with Crippen molar-refractivity contribution >= 4 is 21.5 Å². The Kier molecular flexibility index (Phi) is 4.28. The van der Waals surface area contributed by atoms with E-state index in [1.165, 1.54) is 82.7 Å². The van der Waals surface area contributed by atoms with Gasteiger partial charge in [0.05, 0.1) is 5.41 Å². The molecule has 2 aliphatic rings. The van der Waals surface area contributed by atoms with Crippen LogP contribution in [-0.4, -0.2) is 0 Å². The van der Waals surface area contributed by atoms with Gasteiger partial charge in [-0.15, -0.1) is 0 Å². The topological polar surface area (TPSA) is 0 Å². The third-order valence-electron chi connectivity index (χ3n) is 9.29. The summed E-state index contributed by atoms with van der Waals surface area (Å²) in [4.78, 5) is 0. The van der Waals surface area contributed by atoms with E-state index in [-0.39, 0.29) is 5.41 Å². The number of fused-ring (bicyclic) bond motifs is 13. The first-order valence-electron chi connectivity index (χ1n) is 14.1. The molecule has 0 heterocycles. The van der Waals surface area contributed by atoms with Crippen LogP contribution in [0.4, 0.5) is 0 Å². The van der Waals surface area contributed by atoms with E-state index in [0.29, 0.717) is 0 Å². The van der Waals surface area contributed by atoms with E-state index in [2.05, 4.69) is 146 Å². The Labute approximate surface area is 234 Å². The quantitative estimate of drug-likeness (QED) is 0.208. The monoisotopic (exact) mass is 506 g/mol. The van der Waals surface area contributed by atoms with Gasteiger partial charge in [0.15, 0.2) is 0 Å². The predicted molar refractivity (Wildman–Crippen MR) is 168 cm³/mol. The smallest absolute Gasteiger partial charge is 0.0619 e. The van der Waals surface area contributed by atoms with E-state index >= 15 is 0 Å². The summed E-state index contributed by atoms with van der Waals surface area (Å²) in [6.45, 7) is 2.16. The normalized spacial score (nSPS) is 13.8. The molecule has 9 rings (SSSR count). The van der Waals surface area contributed by atoms with Gasteiger partial charge in [-0.05, 0) is 102 Å². The molecule has 7 aromatic rings. The maximum Gasteiger partial charge on any atom is 0.0725 e. The van der Waals surface area contributed by atoms with Crippen LogP contribution in [0.5, 0.6) is 0 Å². The SMILES string of the molecule is Cc1cccc(-c2ccc3cc4c(cc3c2)C2(c3ccccc3-c3ccccc32)c2ccc3ccccc3c2-4)c1. The lowest BCUT2D eigenvalue weighted by molar-refractivity contribution is 0.795. The second-order valence-corrected chi connectivity index (χ2v) is 11.4. The van der Waals surface area contributed by atoms with Crippen molar-refractivity contribution in [3.63, 3.8) is 0 Å². The fourth-order valence-electron chi connectivity index (χ4n) is 7.65. The fraction of sp³-hybridized carbons (Fsp3) is 0.0500. The molecule has 0 atom stereocenters. The van der Waals surface area contributed by atoms with Crippen LogP contribution in [0.1, 0.15) is 27.8 Å². The Morgan fingerprint density at radius 1 is 0.400 bits per heavy atom. The highest BCUT2D eigenvalue weighted by molar-refractivity contribution is 6.08. The van der Waals surface area contributed by atoms with Crippen molar-refractivity contribution in [1.82, 2.24) is 0 Å². The second-order valence-electron chi connectivity index (χ2n) is 11.4. The summed E-state index contributed by atoms with van der Waals surface area (Å²) in [5, 5.41) is 5.19. The average Bonchev–Trinajstić information content (AvgIpc) is 3.47. The zero-order chi connectivity index (χ0) is 26.4. The molecule has 7 aromatic carbocycles. The van der Waals surface area contributed by atoms with Gasteiger partial charge in [-0.1, -0.05) is 127 Å². The first-order chi connectivity index (χ1) is 19.7. The van der Waals surface area contributed by atoms with Crippen molar-refractivity contribution in [1.29, 1.82) is 0 Å². The molecule has 186 valence electrons. The molecule has 40 heavy (non-hydrogen) atoms. The number of hydrogen-bond acceptors (Lipinski definition) is 0. The van der Waals surface area contributed by atoms with Gasteiger partial charge in [-0.3, -0.25) is 0 Å². The molecule has 0 aromatic heterocycles. The van der Waals surface area contributed by atoms with Crippen LogP contribution >= 0.6 is 0 Å². The average molecular weight is 507 g/mol. The lowest BCUT2D eigenvalue weighted by atomic mass is 9.70. The Balaban J connectivity index is 1.44. The van der Waals surface area contributed by atoms with Crippen molar-refractivity contribution in [2.24, 2.45) is 0 Å². The Morgan fingerprint density at radius 2 is 1.10 bits per heavy atom. The first kappa shape index (κ1) is 21.9. The minimum absolute atomic E-state index is 0.338. The van der Waals surface area contributed by atoms with E-state index in [9.17, 15) is 0 Å². The highest BCUT2D eigenvalue weighted by Crippen LogP contribution is 2.64. The Hall–Kier alpha value is -4.94. The van der Waals surface area contributed by atoms with Crippen molar-refractivity contribution < 1.29 is 0 Å². The van der Waals surface area contributed by atoms with Gasteiger partial charge in [0.1, 0.15) is 0 Å². The Morgan fingerprint density at radius 3 is 1.90 bits per heavy atom. The van der Waals surface area contributed by atoms with E-state index < -0.39 is 0 Å². The molecule has 0 nitrogen and oxygen atoms in total. The predicted octanol–water partition coefficient (Wildman–Crippen LogP) is 10.3. The fourth-order valence-corrected chi connectivity index (χ4v) is 7.65. The zero-order valence-corrected chi connectivity index (χ0v) is 22.3. The molecule has 0 aliphatic heterocycles. The molecular weight excluding hydrogens is 480 g/mol. The Bertz CT molecular complexity index is 2130. The third-order valence-corrected chi connectivity index (χ3v) is 9.29. The van der Waals surface area contributed by atoms with E-state index in [1.807, 2.05) is 0 Å². The number of hydrogen-bond donors (Lipinski definition) is 0. The minimum atomic E-state index is -0.338. The summed E-state index contributed by atoms with van der Waals surface area (Å²) in [5.41, 5.74) is 14.5. The summed E-state index contributed by atoms with van der Waals surface area (Å²) in [7, 11) is 0. The molecule has 0 saturated carbocycles.